The van der Waals surface area contributed by atoms with E-state index in [4.69, 9.17) is 4.43 Å². The minimum absolute atomic E-state index is 0.0943. The molecule has 0 heterocycles. The van der Waals surface area contributed by atoms with Crippen molar-refractivity contribution in [2.75, 3.05) is 0 Å². The summed E-state index contributed by atoms with van der Waals surface area (Å²) >= 11 is 0. The van der Waals surface area contributed by atoms with Crippen LogP contribution in [0.5, 0.6) is 0 Å². The van der Waals surface area contributed by atoms with Gasteiger partial charge >= 0.3 is 0 Å². The highest BCUT2D eigenvalue weighted by atomic mass is 28.4. The number of hydrogen-bond acceptors (Lipinski definition) is 3. The van der Waals surface area contributed by atoms with Gasteiger partial charge in [0.15, 0.2) is 14.1 Å². The first-order chi connectivity index (χ1) is 12.7. The van der Waals surface area contributed by atoms with Gasteiger partial charge in [0.05, 0.1) is 6.10 Å². The van der Waals surface area contributed by atoms with E-state index in [9.17, 15) is 9.90 Å². The van der Waals surface area contributed by atoms with Gasteiger partial charge in [0.2, 0.25) is 0 Å². The van der Waals surface area contributed by atoms with E-state index in [0.717, 1.165) is 19.3 Å². The lowest BCUT2D eigenvalue weighted by atomic mass is 9.62. The predicted octanol–water partition coefficient (Wildman–Crippen LogP) is 5.94. The first kappa shape index (κ1) is 22.0. The SMILES string of the molecule is CC1=C[C@H](O[Si](C)(C)C(C)(C)C)[C@H]2CC3=C(CCCC3)C[C@@](O)(C1=O)C2(C)C. The molecule has 2 bridgehead atoms. The number of allylic oxidation sites excluding steroid dienone is 1. The molecule has 158 valence electrons. The molecule has 0 aromatic heterocycles. The topological polar surface area (TPSA) is 46.5 Å². The fraction of sp³-hybridized carbons (Fsp3) is 0.792. The van der Waals surface area contributed by atoms with E-state index in [-0.39, 0.29) is 22.8 Å². The van der Waals surface area contributed by atoms with Gasteiger partial charge in [0.25, 0.3) is 0 Å². The summed E-state index contributed by atoms with van der Waals surface area (Å²) < 4.78 is 6.92. The molecule has 0 unspecified atom stereocenters. The van der Waals surface area contributed by atoms with E-state index in [1.165, 1.54) is 24.0 Å². The van der Waals surface area contributed by atoms with Crippen LogP contribution >= 0.6 is 0 Å². The zero-order valence-electron chi connectivity index (χ0n) is 19.2. The van der Waals surface area contributed by atoms with E-state index in [2.05, 4.69) is 47.7 Å². The maximum atomic E-state index is 13.4. The Bertz CT molecular complexity index is 723. The Labute approximate surface area is 172 Å². The van der Waals surface area contributed by atoms with Crippen LogP contribution in [-0.4, -0.2) is 30.9 Å². The molecule has 3 nitrogen and oxygen atoms in total. The van der Waals surface area contributed by atoms with Gasteiger partial charge in [-0.15, -0.1) is 0 Å². The van der Waals surface area contributed by atoms with Crippen molar-refractivity contribution in [3.05, 3.63) is 22.8 Å². The summed E-state index contributed by atoms with van der Waals surface area (Å²) in [5.74, 6) is 0.0155. The number of carbonyl (C=O) groups excluding carboxylic acids is 1. The molecule has 0 fully saturated rings. The highest BCUT2D eigenvalue weighted by molar-refractivity contribution is 6.74. The summed E-state index contributed by atoms with van der Waals surface area (Å²) in [6.45, 7) is 17.4. The lowest BCUT2D eigenvalue weighted by Gasteiger charge is -2.48. The molecule has 3 aliphatic carbocycles. The number of rotatable bonds is 2. The van der Waals surface area contributed by atoms with E-state index >= 15 is 0 Å². The van der Waals surface area contributed by atoms with Crippen molar-refractivity contribution in [3.8, 4) is 0 Å². The molecular formula is C24H40O3Si. The minimum Gasteiger partial charge on any atom is -0.410 e. The summed E-state index contributed by atoms with van der Waals surface area (Å²) in [7, 11) is -2.02. The molecule has 0 saturated carbocycles. The molecule has 28 heavy (non-hydrogen) atoms. The highest BCUT2D eigenvalue weighted by Crippen LogP contribution is 2.55. The second-order valence-electron chi connectivity index (χ2n) is 11.5. The Balaban J connectivity index is 2.12. The molecule has 3 rings (SSSR count). The van der Waals surface area contributed by atoms with Gasteiger partial charge in [-0.25, -0.2) is 0 Å². The van der Waals surface area contributed by atoms with Crippen LogP contribution in [0.4, 0.5) is 0 Å². The van der Waals surface area contributed by atoms with Gasteiger partial charge < -0.3 is 9.53 Å². The molecule has 1 N–H and O–H groups in total. The van der Waals surface area contributed by atoms with E-state index in [1.54, 1.807) is 0 Å². The molecule has 3 atom stereocenters. The number of aliphatic hydroxyl groups is 1. The van der Waals surface area contributed by atoms with Crippen molar-refractivity contribution in [1.82, 2.24) is 0 Å². The fourth-order valence-electron chi connectivity index (χ4n) is 5.15. The van der Waals surface area contributed by atoms with Crippen LogP contribution in [0.1, 0.15) is 80.1 Å². The van der Waals surface area contributed by atoms with Crippen LogP contribution in [0, 0.1) is 11.3 Å². The monoisotopic (exact) mass is 404 g/mol. The Morgan fingerprint density at radius 2 is 1.71 bits per heavy atom. The number of Topliss-reactive ketones (excluding diaryl/α,β-unsaturated/α-hetero) is 1. The summed E-state index contributed by atoms with van der Waals surface area (Å²) in [5, 5.41) is 12.0. The first-order valence-electron chi connectivity index (χ1n) is 11.0. The van der Waals surface area contributed by atoms with Gasteiger partial charge in [-0.2, -0.15) is 0 Å². The van der Waals surface area contributed by atoms with E-state index < -0.39 is 19.3 Å². The lowest BCUT2D eigenvalue weighted by Crippen LogP contribution is -2.56. The Hall–Kier alpha value is -0.713. The second-order valence-corrected chi connectivity index (χ2v) is 16.3. The Kier molecular flexibility index (Phi) is 5.43. The van der Waals surface area contributed by atoms with Crippen LogP contribution < -0.4 is 0 Å². The molecular weight excluding hydrogens is 364 g/mol. The van der Waals surface area contributed by atoms with E-state index in [0.29, 0.717) is 12.0 Å². The molecule has 0 aromatic rings. The average molecular weight is 405 g/mol. The summed E-state index contributed by atoms with van der Waals surface area (Å²) in [6.07, 6.45) is 7.91. The third-order valence-electron chi connectivity index (χ3n) is 8.42. The fourth-order valence-corrected chi connectivity index (χ4v) is 6.42. The third-order valence-corrected chi connectivity index (χ3v) is 12.9. The molecule has 0 radical (unpaired) electrons. The van der Waals surface area contributed by atoms with Crippen LogP contribution in [0.15, 0.2) is 22.8 Å². The summed E-state index contributed by atoms with van der Waals surface area (Å²) in [5.41, 5.74) is 1.63. The smallest absolute Gasteiger partial charge is 0.192 e. The quantitative estimate of drug-likeness (QED) is 0.457. The van der Waals surface area contributed by atoms with Crippen molar-refractivity contribution in [2.45, 2.75) is 110 Å². The third kappa shape index (κ3) is 3.39. The van der Waals surface area contributed by atoms with Crippen molar-refractivity contribution >= 4 is 14.1 Å². The van der Waals surface area contributed by atoms with E-state index in [1.807, 2.05) is 13.0 Å². The molecule has 0 spiro atoms. The normalized spacial score (nSPS) is 33.8. The predicted molar refractivity (Wildman–Crippen MR) is 118 cm³/mol. The molecule has 3 aliphatic rings. The average Bonchev–Trinajstić information content (AvgIpc) is 2.68. The lowest BCUT2D eigenvalue weighted by molar-refractivity contribution is -0.154. The van der Waals surface area contributed by atoms with Crippen molar-refractivity contribution in [3.63, 3.8) is 0 Å². The number of hydrogen-bond donors (Lipinski definition) is 1. The molecule has 0 aliphatic heterocycles. The van der Waals surface area contributed by atoms with Crippen LogP contribution in [0.25, 0.3) is 0 Å². The van der Waals surface area contributed by atoms with Crippen LogP contribution in [0.3, 0.4) is 0 Å². The molecule has 0 aromatic carbocycles. The van der Waals surface area contributed by atoms with Gasteiger partial charge in [0.1, 0.15) is 5.60 Å². The second kappa shape index (κ2) is 6.92. The Morgan fingerprint density at radius 3 is 2.29 bits per heavy atom. The number of ketones is 1. The van der Waals surface area contributed by atoms with Gasteiger partial charge in [-0.3, -0.25) is 4.79 Å². The van der Waals surface area contributed by atoms with Crippen molar-refractivity contribution in [2.24, 2.45) is 11.3 Å². The minimum atomic E-state index is -2.02. The molecule has 4 heteroatoms. The molecule has 0 saturated heterocycles. The number of fused-ring (bicyclic) bond motifs is 2. The van der Waals surface area contributed by atoms with Gasteiger partial charge in [0, 0.05) is 11.8 Å². The zero-order chi connectivity index (χ0) is 21.1. The largest absolute Gasteiger partial charge is 0.410 e. The standard InChI is InChI=1S/C24H40O3Si/c1-16-13-20(27-28(7,8)22(2,3)4)19-14-17-11-9-10-12-18(17)15-24(26,21(16)25)23(19,5)6/h13,19-20,26H,9-12,14-15H2,1-8H3/t19-,20+,24-/m1/s1. The van der Waals surface area contributed by atoms with Crippen molar-refractivity contribution < 1.29 is 14.3 Å². The number of carbonyl (C=O) groups is 1. The van der Waals surface area contributed by atoms with Gasteiger partial charge in [-0.05, 0) is 68.7 Å². The van der Waals surface area contributed by atoms with Gasteiger partial charge in [-0.1, -0.05) is 51.8 Å². The summed E-state index contributed by atoms with van der Waals surface area (Å²) in [4.78, 5) is 13.4. The first-order valence-corrected chi connectivity index (χ1v) is 13.9. The van der Waals surface area contributed by atoms with Crippen molar-refractivity contribution in [1.29, 1.82) is 0 Å². The zero-order valence-corrected chi connectivity index (χ0v) is 20.2. The van der Waals surface area contributed by atoms with Crippen LogP contribution in [0.2, 0.25) is 18.1 Å². The summed E-state index contributed by atoms with van der Waals surface area (Å²) in [6, 6.07) is 0. The highest BCUT2D eigenvalue weighted by Gasteiger charge is 2.59. The van der Waals surface area contributed by atoms with Crippen LogP contribution in [-0.2, 0) is 9.22 Å². The maximum absolute atomic E-state index is 13.4. The molecule has 0 amide bonds. The Morgan fingerprint density at radius 1 is 1.14 bits per heavy atom. The maximum Gasteiger partial charge on any atom is 0.192 e.